The van der Waals surface area contributed by atoms with Crippen LogP contribution in [0, 0.1) is 6.92 Å². The molecular weight excluding hydrogens is 628 g/mol. The van der Waals surface area contributed by atoms with E-state index in [0.29, 0.717) is 28.3 Å². The zero-order valence-electron chi connectivity index (χ0n) is 21.0. The van der Waals surface area contributed by atoms with E-state index in [4.69, 9.17) is 17.3 Å². The van der Waals surface area contributed by atoms with Gasteiger partial charge in [0.15, 0.2) is 4.32 Å². The Hall–Kier alpha value is -3.73. The maximum absolute atomic E-state index is 13.2. The number of benzene rings is 2. The van der Waals surface area contributed by atoms with E-state index >= 15 is 0 Å². The van der Waals surface area contributed by atoms with Crippen LogP contribution in [-0.2, 0) is 21.9 Å². The first kappa shape index (κ1) is 31.2. The lowest BCUT2D eigenvalue weighted by Crippen LogP contribution is -2.45. The molecule has 4 rings (SSSR count). The van der Waals surface area contributed by atoms with Gasteiger partial charge in [0.2, 0.25) is 5.91 Å². The summed E-state index contributed by atoms with van der Waals surface area (Å²) in [6, 6.07) is 6.78. The molecule has 16 heteroatoms. The number of hydrogen-bond donors (Lipinski definition) is 3. The minimum Gasteiger partial charge on any atom is -0.478 e. The van der Waals surface area contributed by atoms with Gasteiger partial charge in [-0.25, -0.2) is 15.2 Å². The van der Waals surface area contributed by atoms with Crippen molar-refractivity contribution < 1.29 is 45.8 Å². The van der Waals surface area contributed by atoms with Crippen molar-refractivity contribution in [3.05, 3.63) is 79.9 Å². The summed E-state index contributed by atoms with van der Waals surface area (Å²) >= 11 is 7.08. The number of aromatic carboxylic acids is 1. The number of carbonyl (C=O) groups excluding carboxylic acids is 2. The number of nitrogens with zero attached hydrogens (tertiary/aromatic N) is 1. The zero-order valence-corrected chi connectivity index (χ0v) is 23.5. The standard InChI is InChI=1S/C26H17F6N3O4S3/c1-12-4-13(23(38)39)2-3-19(12)34-21(36)10-33-35-22(37)20(42-24(35)40)9-18-7-15(11-41-18)14-5-16(25(27,28)29)8-17(6-14)26(30,31)32/h2-9,11,33H,10H2,1H3,(H,34,36)(H,38,39). The predicted molar refractivity (Wildman–Crippen MR) is 150 cm³/mol. The van der Waals surface area contributed by atoms with Crippen molar-refractivity contribution in [2.45, 2.75) is 19.3 Å². The Morgan fingerprint density at radius 1 is 1.00 bits per heavy atom. The summed E-state index contributed by atoms with van der Waals surface area (Å²) in [5.74, 6) is -2.29. The van der Waals surface area contributed by atoms with Crippen molar-refractivity contribution in [3.8, 4) is 11.1 Å². The molecule has 2 heterocycles. The van der Waals surface area contributed by atoms with Gasteiger partial charge in [-0.3, -0.25) is 9.59 Å². The van der Waals surface area contributed by atoms with Crippen LogP contribution in [0.5, 0.6) is 0 Å². The number of carboxylic acid groups (broad SMARTS) is 1. The topological polar surface area (TPSA) is 98.7 Å². The molecule has 0 atom stereocenters. The molecule has 0 saturated carbocycles. The van der Waals surface area contributed by atoms with Crippen LogP contribution < -0.4 is 10.7 Å². The third-order valence-corrected chi connectivity index (χ3v) is 7.93. The lowest BCUT2D eigenvalue weighted by atomic mass is 10.0. The number of carbonyl (C=O) groups is 3. The Morgan fingerprint density at radius 3 is 2.21 bits per heavy atom. The van der Waals surface area contributed by atoms with Gasteiger partial charge in [0, 0.05) is 10.6 Å². The summed E-state index contributed by atoms with van der Waals surface area (Å²) in [6.45, 7) is 1.24. The Kier molecular flexibility index (Phi) is 8.82. The van der Waals surface area contributed by atoms with Crippen molar-refractivity contribution in [1.29, 1.82) is 0 Å². The molecule has 3 aromatic rings. The van der Waals surface area contributed by atoms with Crippen molar-refractivity contribution in [2.75, 3.05) is 11.9 Å². The van der Waals surface area contributed by atoms with Crippen LogP contribution in [0.3, 0.4) is 0 Å². The van der Waals surface area contributed by atoms with Gasteiger partial charge in [0.25, 0.3) is 5.91 Å². The van der Waals surface area contributed by atoms with Crippen LogP contribution in [0.25, 0.3) is 17.2 Å². The molecule has 7 nitrogen and oxygen atoms in total. The van der Waals surface area contributed by atoms with Crippen molar-refractivity contribution in [3.63, 3.8) is 0 Å². The first-order valence-corrected chi connectivity index (χ1v) is 13.7. The number of alkyl halides is 6. The van der Waals surface area contributed by atoms with E-state index in [1.807, 2.05) is 0 Å². The fraction of sp³-hybridized carbons (Fsp3) is 0.154. The van der Waals surface area contributed by atoms with E-state index in [9.17, 15) is 40.7 Å². The maximum Gasteiger partial charge on any atom is 0.416 e. The number of rotatable bonds is 7. The summed E-state index contributed by atoms with van der Waals surface area (Å²) in [5.41, 5.74) is 0.450. The minimum atomic E-state index is -4.99. The van der Waals surface area contributed by atoms with Crippen molar-refractivity contribution in [2.24, 2.45) is 0 Å². The van der Waals surface area contributed by atoms with E-state index in [1.54, 1.807) is 6.92 Å². The van der Waals surface area contributed by atoms with Crippen LogP contribution in [0.4, 0.5) is 32.0 Å². The first-order valence-electron chi connectivity index (χ1n) is 11.6. The smallest absolute Gasteiger partial charge is 0.416 e. The molecule has 1 aliphatic rings. The third-order valence-electron chi connectivity index (χ3n) is 5.75. The van der Waals surface area contributed by atoms with E-state index in [2.05, 4.69) is 10.7 Å². The summed E-state index contributed by atoms with van der Waals surface area (Å²) in [5, 5.41) is 14.0. The number of hydrazine groups is 1. The number of thiocarbonyl (C=S) groups is 1. The average Bonchev–Trinajstić information content (AvgIpc) is 3.46. The number of anilines is 1. The Labute approximate surface area is 247 Å². The molecule has 0 spiro atoms. The highest BCUT2D eigenvalue weighted by atomic mass is 32.2. The Balaban J connectivity index is 1.46. The summed E-state index contributed by atoms with van der Waals surface area (Å²) in [7, 11) is 0. The highest BCUT2D eigenvalue weighted by molar-refractivity contribution is 8.26. The predicted octanol–water partition coefficient (Wildman–Crippen LogP) is 6.80. The van der Waals surface area contributed by atoms with E-state index in [-0.39, 0.29) is 38.5 Å². The Morgan fingerprint density at radius 2 is 1.64 bits per heavy atom. The molecule has 0 bridgehead atoms. The van der Waals surface area contributed by atoms with Crippen LogP contribution in [0.1, 0.15) is 31.9 Å². The molecule has 3 N–H and O–H groups in total. The fourth-order valence-electron chi connectivity index (χ4n) is 3.72. The average molecular weight is 646 g/mol. The number of nitrogens with one attached hydrogen (secondary N) is 2. The number of carboxylic acids is 1. The number of hydrogen-bond acceptors (Lipinski definition) is 7. The quantitative estimate of drug-likeness (QED) is 0.148. The third kappa shape index (κ3) is 7.18. The number of thioether (sulfide) groups is 1. The van der Waals surface area contributed by atoms with Crippen LogP contribution in [-0.4, -0.2) is 38.8 Å². The molecule has 2 aromatic carbocycles. The molecule has 0 aliphatic carbocycles. The van der Waals surface area contributed by atoms with Gasteiger partial charge in [-0.1, -0.05) is 24.0 Å². The molecule has 220 valence electrons. The normalized spacial score (nSPS) is 15.0. The summed E-state index contributed by atoms with van der Waals surface area (Å²) in [4.78, 5) is 36.8. The number of aryl methyl sites for hydroxylation is 1. The van der Waals surface area contributed by atoms with Crippen LogP contribution in [0.2, 0.25) is 0 Å². The maximum atomic E-state index is 13.2. The molecular formula is C26H17F6N3O4S3. The van der Waals surface area contributed by atoms with Gasteiger partial charge >= 0.3 is 18.3 Å². The lowest BCUT2D eigenvalue weighted by Gasteiger charge is -2.16. The highest BCUT2D eigenvalue weighted by Gasteiger charge is 2.37. The second-order valence-electron chi connectivity index (χ2n) is 8.77. The van der Waals surface area contributed by atoms with Crippen molar-refractivity contribution in [1.82, 2.24) is 10.4 Å². The van der Waals surface area contributed by atoms with Gasteiger partial charge < -0.3 is 10.4 Å². The van der Waals surface area contributed by atoms with Crippen LogP contribution >= 0.6 is 35.3 Å². The number of amides is 2. The van der Waals surface area contributed by atoms with Gasteiger partial charge in [-0.15, -0.1) is 11.3 Å². The second-order valence-corrected chi connectivity index (χ2v) is 11.4. The molecule has 2 amide bonds. The molecule has 1 saturated heterocycles. The summed E-state index contributed by atoms with van der Waals surface area (Å²) in [6.07, 6.45) is -8.59. The van der Waals surface area contributed by atoms with E-state index in [1.165, 1.54) is 35.7 Å². The first-order chi connectivity index (χ1) is 19.5. The molecule has 42 heavy (non-hydrogen) atoms. The summed E-state index contributed by atoms with van der Waals surface area (Å²) < 4.78 is 79.5. The van der Waals surface area contributed by atoms with Crippen LogP contribution in [0.15, 0.2) is 52.7 Å². The van der Waals surface area contributed by atoms with Gasteiger partial charge in [0.1, 0.15) is 0 Å². The molecule has 0 radical (unpaired) electrons. The number of halogens is 6. The monoisotopic (exact) mass is 645 g/mol. The fourth-order valence-corrected chi connectivity index (χ4v) is 5.85. The van der Waals surface area contributed by atoms with Crippen molar-refractivity contribution >= 4 is 69.2 Å². The van der Waals surface area contributed by atoms with E-state index in [0.717, 1.165) is 28.1 Å². The lowest BCUT2D eigenvalue weighted by molar-refractivity contribution is -0.143. The van der Waals surface area contributed by atoms with E-state index < -0.39 is 41.3 Å². The van der Waals surface area contributed by atoms with Gasteiger partial charge in [0.05, 0.1) is 28.1 Å². The van der Waals surface area contributed by atoms with Gasteiger partial charge in [-0.2, -0.15) is 26.3 Å². The molecule has 1 aromatic heterocycles. The molecule has 1 aliphatic heterocycles. The minimum absolute atomic E-state index is 0.0472. The molecule has 1 fully saturated rings. The SMILES string of the molecule is Cc1cc(C(=O)O)ccc1NC(=O)CNN1C(=O)C(=Cc2cc(-c3cc(C(F)(F)F)cc(C(F)(F)F)c3)cs2)SC1=S. The molecule has 0 unspecified atom stereocenters. The largest absolute Gasteiger partial charge is 0.478 e. The van der Waals surface area contributed by atoms with Gasteiger partial charge in [-0.05, 0) is 77.5 Å². The number of thiophene rings is 1. The second kappa shape index (κ2) is 11.9. The zero-order chi connectivity index (χ0) is 31.0. The Bertz CT molecular complexity index is 1600. The highest BCUT2D eigenvalue weighted by Crippen LogP contribution is 2.40.